The first-order valence-corrected chi connectivity index (χ1v) is 12.2. The van der Waals surface area contributed by atoms with Gasteiger partial charge in [-0.1, -0.05) is 24.3 Å². The van der Waals surface area contributed by atoms with E-state index >= 15 is 0 Å². The molecule has 0 radical (unpaired) electrons. The van der Waals surface area contributed by atoms with E-state index in [0.717, 1.165) is 11.1 Å². The lowest BCUT2D eigenvalue weighted by molar-refractivity contribution is -0.132. The molecular formula is C30H31NO6. The number of Topliss-reactive ketones (excluding diaryl/α,β-unsaturated/α-hetero) is 1. The van der Waals surface area contributed by atoms with Gasteiger partial charge in [0, 0.05) is 11.3 Å². The number of hydrogen-bond donors (Lipinski definition) is 1. The minimum absolute atomic E-state index is 0.00887. The van der Waals surface area contributed by atoms with Crippen LogP contribution in [0.1, 0.15) is 42.1 Å². The first kappa shape index (κ1) is 25.8. The molecule has 37 heavy (non-hydrogen) atoms. The van der Waals surface area contributed by atoms with Crippen LogP contribution in [0.15, 0.2) is 66.2 Å². The number of benzene rings is 3. The molecule has 1 heterocycles. The molecule has 1 unspecified atom stereocenters. The van der Waals surface area contributed by atoms with E-state index in [9.17, 15) is 14.7 Å². The lowest BCUT2D eigenvalue weighted by atomic mass is 9.94. The molecule has 1 saturated heterocycles. The van der Waals surface area contributed by atoms with Crippen LogP contribution in [0.4, 0.5) is 5.69 Å². The molecule has 1 aliphatic rings. The van der Waals surface area contributed by atoms with Gasteiger partial charge in [0.2, 0.25) is 0 Å². The number of nitrogens with zero attached hydrogens (tertiary/aromatic N) is 1. The van der Waals surface area contributed by atoms with Gasteiger partial charge in [0.05, 0.1) is 31.9 Å². The maximum absolute atomic E-state index is 13.5. The van der Waals surface area contributed by atoms with Gasteiger partial charge in [-0.25, -0.2) is 0 Å². The molecule has 192 valence electrons. The lowest BCUT2D eigenvalue weighted by Crippen LogP contribution is -2.29. The van der Waals surface area contributed by atoms with Crippen LogP contribution in [0, 0.1) is 13.8 Å². The SMILES string of the molecule is CCOc1cccc(/C(O)=C2/C(=O)C(=O)N(c3cc(C)cc(C)c3)C2c2ccc(OC)c(OCC)c2)c1. The average Bonchev–Trinajstić information content (AvgIpc) is 3.14. The molecule has 0 bridgehead atoms. The van der Waals surface area contributed by atoms with Crippen molar-refractivity contribution in [1.29, 1.82) is 0 Å². The fourth-order valence-corrected chi connectivity index (χ4v) is 4.69. The summed E-state index contributed by atoms with van der Waals surface area (Å²) in [5.41, 5.74) is 3.44. The standard InChI is InChI=1S/C30H31NO6/c1-6-36-23-10-8-9-21(16-23)28(32)26-27(20-11-12-24(35-5)25(17-20)37-7-2)31(30(34)29(26)33)22-14-18(3)13-19(4)15-22/h8-17,27,32H,6-7H2,1-5H3/b28-26-. The van der Waals surface area contributed by atoms with Crippen molar-refractivity contribution in [3.8, 4) is 17.2 Å². The van der Waals surface area contributed by atoms with Gasteiger partial charge in [0.15, 0.2) is 11.5 Å². The van der Waals surface area contributed by atoms with Crippen LogP contribution >= 0.6 is 0 Å². The fraction of sp³-hybridized carbons (Fsp3) is 0.267. The second-order valence-electron chi connectivity index (χ2n) is 8.82. The summed E-state index contributed by atoms with van der Waals surface area (Å²) >= 11 is 0. The number of carbonyl (C=O) groups is 2. The van der Waals surface area contributed by atoms with Crippen LogP contribution in [0.2, 0.25) is 0 Å². The Balaban J connectivity index is 1.97. The zero-order valence-electron chi connectivity index (χ0n) is 21.7. The van der Waals surface area contributed by atoms with Gasteiger partial charge in [-0.15, -0.1) is 0 Å². The number of ether oxygens (including phenoxy) is 3. The van der Waals surface area contributed by atoms with E-state index in [1.54, 1.807) is 49.6 Å². The summed E-state index contributed by atoms with van der Waals surface area (Å²) < 4.78 is 16.8. The molecule has 1 fully saturated rings. The Kier molecular flexibility index (Phi) is 7.53. The third kappa shape index (κ3) is 5.03. The molecule has 3 aromatic carbocycles. The van der Waals surface area contributed by atoms with E-state index in [4.69, 9.17) is 14.2 Å². The van der Waals surface area contributed by atoms with Crippen LogP contribution in [0.3, 0.4) is 0 Å². The number of hydrogen-bond acceptors (Lipinski definition) is 6. The van der Waals surface area contributed by atoms with E-state index in [1.807, 2.05) is 45.9 Å². The molecule has 1 amide bonds. The van der Waals surface area contributed by atoms with Crippen LogP contribution in [-0.4, -0.2) is 37.1 Å². The first-order chi connectivity index (χ1) is 17.8. The third-order valence-electron chi connectivity index (χ3n) is 6.15. The zero-order valence-corrected chi connectivity index (χ0v) is 21.7. The number of rotatable bonds is 8. The van der Waals surface area contributed by atoms with Gasteiger partial charge in [-0.3, -0.25) is 14.5 Å². The largest absolute Gasteiger partial charge is 0.507 e. The Morgan fingerprint density at radius 2 is 1.59 bits per heavy atom. The van der Waals surface area contributed by atoms with Crippen LogP contribution in [0.25, 0.3) is 5.76 Å². The number of carbonyl (C=O) groups excluding carboxylic acids is 2. The molecule has 3 aromatic rings. The molecule has 0 aromatic heterocycles. The average molecular weight is 502 g/mol. The van der Waals surface area contributed by atoms with Crippen LogP contribution in [0.5, 0.6) is 17.2 Å². The number of amides is 1. The lowest BCUT2D eigenvalue weighted by Gasteiger charge is -2.27. The molecule has 1 atom stereocenters. The molecule has 7 nitrogen and oxygen atoms in total. The molecule has 0 spiro atoms. The van der Waals surface area contributed by atoms with Gasteiger partial charge in [-0.05, 0) is 80.8 Å². The highest BCUT2D eigenvalue weighted by Crippen LogP contribution is 2.44. The third-order valence-corrected chi connectivity index (χ3v) is 6.15. The summed E-state index contributed by atoms with van der Waals surface area (Å²) in [5.74, 6) is -0.200. The van der Waals surface area contributed by atoms with Gasteiger partial charge >= 0.3 is 0 Å². The zero-order chi connectivity index (χ0) is 26.7. The van der Waals surface area contributed by atoms with Gasteiger partial charge < -0.3 is 19.3 Å². The van der Waals surface area contributed by atoms with E-state index in [-0.39, 0.29) is 11.3 Å². The number of methoxy groups -OCH3 is 1. The molecule has 4 rings (SSSR count). The number of aliphatic hydroxyl groups is 1. The number of aliphatic hydroxyl groups excluding tert-OH is 1. The Morgan fingerprint density at radius 1 is 0.892 bits per heavy atom. The Morgan fingerprint density at radius 3 is 2.24 bits per heavy atom. The number of aryl methyl sites for hydroxylation is 2. The van der Waals surface area contributed by atoms with Crippen molar-refractivity contribution in [2.24, 2.45) is 0 Å². The monoisotopic (exact) mass is 501 g/mol. The Bertz CT molecular complexity index is 1360. The van der Waals surface area contributed by atoms with Gasteiger partial charge in [0.1, 0.15) is 11.5 Å². The minimum atomic E-state index is -0.887. The Hall–Kier alpha value is -4.26. The van der Waals surface area contributed by atoms with E-state index in [2.05, 4.69) is 0 Å². The first-order valence-electron chi connectivity index (χ1n) is 12.2. The normalized spacial score (nSPS) is 16.7. The minimum Gasteiger partial charge on any atom is -0.507 e. The Labute approximate surface area is 216 Å². The van der Waals surface area contributed by atoms with Crippen molar-refractivity contribution in [2.45, 2.75) is 33.7 Å². The van der Waals surface area contributed by atoms with Crippen molar-refractivity contribution in [1.82, 2.24) is 0 Å². The summed E-state index contributed by atoms with van der Waals surface area (Å²) in [6, 6.07) is 16.9. The van der Waals surface area contributed by atoms with Gasteiger partial charge in [-0.2, -0.15) is 0 Å². The fourth-order valence-electron chi connectivity index (χ4n) is 4.69. The van der Waals surface area contributed by atoms with Crippen LogP contribution in [-0.2, 0) is 9.59 Å². The highest BCUT2D eigenvalue weighted by atomic mass is 16.5. The van der Waals surface area contributed by atoms with Crippen molar-refractivity contribution in [3.05, 3.63) is 88.5 Å². The molecule has 7 heteroatoms. The van der Waals surface area contributed by atoms with Crippen molar-refractivity contribution >= 4 is 23.1 Å². The van der Waals surface area contributed by atoms with Crippen LogP contribution < -0.4 is 19.1 Å². The number of anilines is 1. The predicted octanol–water partition coefficient (Wildman–Crippen LogP) is 5.74. The molecular weight excluding hydrogens is 470 g/mol. The van der Waals surface area contributed by atoms with E-state index < -0.39 is 17.7 Å². The van der Waals surface area contributed by atoms with Crippen molar-refractivity contribution in [3.63, 3.8) is 0 Å². The number of ketones is 1. The second kappa shape index (κ2) is 10.8. The highest BCUT2D eigenvalue weighted by molar-refractivity contribution is 6.51. The summed E-state index contributed by atoms with van der Waals surface area (Å²) in [4.78, 5) is 28.5. The van der Waals surface area contributed by atoms with Crippen molar-refractivity contribution < 1.29 is 28.9 Å². The smallest absolute Gasteiger partial charge is 0.300 e. The maximum Gasteiger partial charge on any atom is 0.300 e. The summed E-state index contributed by atoms with van der Waals surface area (Å²) in [6.07, 6.45) is 0. The molecule has 0 saturated carbocycles. The van der Waals surface area contributed by atoms with Crippen molar-refractivity contribution in [2.75, 3.05) is 25.2 Å². The topological polar surface area (TPSA) is 85.3 Å². The molecule has 1 aliphatic heterocycles. The quantitative estimate of drug-likeness (QED) is 0.241. The second-order valence-corrected chi connectivity index (χ2v) is 8.82. The summed E-state index contributed by atoms with van der Waals surface area (Å²) in [5, 5.41) is 11.4. The molecule has 0 aliphatic carbocycles. The predicted molar refractivity (Wildman–Crippen MR) is 142 cm³/mol. The van der Waals surface area contributed by atoms with E-state index in [1.165, 1.54) is 4.90 Å². The summed E-state index contributed by atoms with van der Waals surface area (Å²) in [7, 11) is 1.55. The summed E-state index contributed by atoms with van der Waals surface area (Å²) in [6.45, 7) is 8.44. The van der Waals surface area contributed by atoms with Gasteiger partial charge in [0.25, 0.3) is 11.7 Å². The maximum atomic E-state index is 13.5. The highest BCUT2D eigenvalue weighted by Gasteiger charge is 2.47. The molecule has 1 N–H and O–H groups in total. The van der Waals surface area contributed by atoms with E-state index in [0.29, 0.717) is 47.3 Å².